The largest absolute Gasteiger partial charge is 0.417 e. The monoisotopic (exact) mass is 482 g/mol. The number of piperazine rings is 1. The molecule has 4 rings (SSSR count). The molecular formula is C21H18F4N4O3S. The van der Waals surface area contributed by atoms with E-state index < -0.39 is 38.4 Å². The molecule has 0 aliphatic carbocycles. The van der Waals surface area contributed by atoms with E-state index in [0.717, 1.165) is 22.5 Å². The second-order valence-electron chi connectivity index (χ2n) is 7.32. The standard InChI is InChI=1S/C21H18F4N4O3S/c22-15-5-7-16(8-6-15)29-14-26-13-18(29)20(30)27-9-11-28(12-10-27)33(31,32)19-4-2-1-3-17(19)21(23,24)25/h1-8,13-14H,9-12H2. The molecule has 33 heavy (non-hydrogen) atoms. The highest BCUT2D eigenvalue weighted by Crippen LogP contribution is 2.35. The van der Waals surface area contributed by atoms with Gasteiger partial charge >= 0.3 is 6.18 Å². The summed E-state index contributed by atoms with van der Waals surface area (Å²) in [7, 11) is -4.41. The molecule has 3 aromatic rings. The van der Waals surface area contributed by atoms with Crippen LogP contribution in [0.3, 0.4) is 0 Å². The van der Waals surface area contributed by atoms with Crippen LogP contribution in [0.25, 0.3) is 5.69 Å². The number of alkyl halides is 3. The Morgan fingerprint density at radius 1 is 0.939 bits per heavy atom. The maximum absolute atomic E-state index is 13.3. The Labute approximate surface area is 186 Å². The van der Waals surface area contributed by atoms with Crippen LogP contribution in [0.15, 0.2) is 66.0 Å². The van der Waals surface area contributed by atoms with Gasteiger partial charge in [0.25, 0.3) is 5.91 Å². The van der Waals surface area contributed by atoms with Gasteiger partial charge in [-0.1, -0.05) is 12.1 Å². The molecule has 0 atom stereocenters. The zero-order valence-corrected chi connectivity index (χ0v) is 17.9. The number of sulfonamides is 1. The van der Waals surface area contributed by atoms with E-state index in [1.54, 1.807) is 0 Å². The molecule has 0 bridgehead atoms. The third-order valence-electron chi connectivity index (χ3n) is 5.30. The summed E-state index contributed by atoms with van der Waals surface area (Å²) in [5.41, 5.74) is -0.519. The molecule has 2 heterocycles. The molecule has 1 aliphatic rings. The van der Waals surface area contributed by atoms with Crippen LogP contribution in [0.2, 0.25) is 0 Å². The number of amides is 1. The summed E-state index contributed by atoms with van der Waals surface area (Å²) in [6.07, 6.45) is -2.08. The van der Waals surface area contributed by atoms with Crippen molar-refractivity contribution in [3.63, 3.8) is 0 Å². The fourth-order valence-corrected chi connectivity index (χ4v) is 5.25. The maximum Gasteiger partial charge on any atom is 0.417 e. The van der Waals surface area contributed by atoms with Crippen molar-refractivity contribution in [2.75, 3.05) is 26.2 Å². The minimum absolute atomic E-state index is 0.0130. The Bertz CT molecular complexity index is 1270. The molecule has 0 spiro atoms. The number of aromatic nitrogens is 2. The lowest BCUT2D eigenvalue weighted by molar-refractivity contribution is -0.139. The Morgan fingerprint density at radius 2 is 1.58 bits per heavy atom. The number of benzene rings is 2. The van der Waals surface area contributed by atoms with Gasteiger partial charge in [-0.3, -0.25) is 9.36 Å². The molecule has 0 radical (unpaired) electrons. The number of carbonyl (C=O) groups is 1. The number of nitrogens with zero attached hydrogens (tertiary/aromatic N) is 4. The zero-order chi connectivity index (χ0) is 23.8. The third-order valence-corrected chi connectivity index (χ3v) is 7.26. The molecule has 7 nitrogen and oxygen atoms in total. The van der Waals surface area contributed by atoms with Crippen molar-refractivity contribution in [2.24, 2.45) is 0 Å². The van der Waals surface area contributed by atoms with E-state index in [2.05, 4.69) is 4.98 Å². The number of carbonyl (C=O) groups excluding carboxylic acids is 1. The van der Waals surface area contributed by atoms with Crippen LogP contribution >= 0.6 is 0 Å². The summed E-state index contributed by atoms with van der Waals surface area (Å²) in [5, 5.41) is 0. The second kappa shape index (κ2) is 8.60. The summed E-state index contributed by atoms with van der Waals surface area (Å²) < 4.78 is 81.4. The molecular weight excluding hydrogens is 464 g/mol. The molecule has 0 unspecified atom stereocenters. The Morgan fingerprint density at radius 3 is 2.21 bits per heavy atom. The fourth-order valence-electron chi connectivity index (χ4n) is 3.62. The van der Waals surface area contributed by atoms with Crippen molar-refractivity contribution >= 4 is 15.9 Å². The van der Waals surface area contributed by atoms with Gasteiger partial charge in [-0.05, 0) is 36.4 Å². The molecule has 1 aliphatic heterocycles. The van der Waals surface area contributed by atoms with E-state index in [1.807, 2.05) is 0 Å². The minimum Gasteiger partial charge on any atom is -0.335 e. The van der Waals surface area contributed by atoms with E-state index in [0.29, 0.717) is 5.69 Å². The van der Waals surface area contributed by atoms with Crippen LogP contribution in [-0.2, 0) is 16.2 Å². The predicted molar refractivity (Wildman–Crippen MR) is 110 cm³/mol. The van der Waals surface area contributed by atoms with Gasteiger partial charge in [0, 0.05) is 31.9 Å². The highest BCUT2D eigenvalue weighted by atomic mass is 32.2. The maximum atomic E-state index is 13.3. The lowest BCUT2D eigenvalue weighted by atomic mass is 10.2. The molecule has 0 saturated carbocycles. The van der Waals surface area contributed by atoms with Gasteiger partial charge in [0.05, 0.1) is 23.0 Å². The van der Waals surface area contributed by atoms with Crippen LogP contribution in [0.4, 0.5) is 17.6 Å². The summed E-state index contributed by atoms with van der Waals surface area (Å²) in [6, 6.07) is 9.46. The SMILES string of the molecule is O=C(c1cncn1-c1ccc(F)cc1)N1CCN(S(=O)(=O)c2ccccc2C(F)(F)F)CC1. The number of hydrogen-bond acceptors (Lipinski definition) is 4. The first-order chi connectivity index (χ1) is 15.6. The van der Waals surface area contributed by atoms with Crippen molar-refractivity contribution < 1.29 is 30.8 Å². The summed E-state index contributed by atoms with van der Waals surface area (Å²) in [5.74, 6) is -0.860. The van der Waals surface area contributed by atoms with E-state index >= 15 is 0 Å². The van der Waals surface area contributed by atoms with Gasteiger partial charge in [0.1, 0.15) is 11.5 Å². The molecule has 1 aromatic heterocycles. The highest BCUT2D eigenvalue weighted by molar-refractivity contribution is 7.89. The summed E-state index contributed by atoms with van der Waals surface area (Å²) >= 11 is 0. The second-order valence-corrected chi connectivity index (χ2v) is 9.22. The fraction of sp³-hybridized carbons (Fsp3) is 0.238. The molecule has 0 N–H and O–H groups in total. The Balaban J connectivity index is 1.51. The normalized spacial score (nSPS) is 15.6. The van der Waals surface area contributed by atoms with E-state index in [1.165, 1.54) is 52.3 Å². The Kier molecular flexibility index (Phi) is 5.97. The number of halogens is 4. The van der Waals surface area contributed by atoms with Gasteiger partial charge in [0.2, 0.25) is 10.0 Å². The van der Waals surface area contributed by atoms with Crippen LogP contribution in [0, 0.1) is 5.82 Å². The minimum atomic E-state index is -4.82. The van der Waals surface area contributed by atoms with E-state index in [9.17, 15) is 30.8 Å². The van der Waals surface area contributed by atoms with Crippen molar-refractivity contribution in [1.82, 2.24) is 18.8 Å². The van der Waals surface area contributed by atoms with Crippen LogP contribution in [-0.4, -0.2) is 59.3 Å². The number of hydrogen-bond donors (Lipinski definition) is 0. The predicted octanol–water partition coefficient (Wildman–Crippen LogP) is 3.18. The van der Waals surface area contributed by atoms with Gasteiger partial charge in [-0.2, -0.15) is 17.5 Å². The van der Waals surface area contributed by atoms with Crippen molar-refractivity contribution in [3.8, 4) is 5.69 Å². The van der Waals surface area contributed by atoms with Crippen molar-refractivity contribution in [3.05, 3.63) is 78.1 Å². The third kappa shape index (κ3) is 4.48. The van der Waals surface area contributed by atoms with E-state index in [-0.39, 0.29) is 31.9 Å². The van der Waals surface area contributed by atoms with Crippen molar-refractivity contribution in [2.45, 2.75) is 11.1 Å². The van der Waals surface area contributed by atoms with Crippen LogP contribution < -0.4 is 0 Å². The van der Waals surface area contributed by atoms with Gasteiger partial charge in [-0.15, -0.1) is 0 Å². The first kappa shape index (κ1) is 22.9. The molecule has 174 valence electrons. The average molecular weight is 482 g/mol. The smallest absolute Gasteiger partial charge is 0.335 e. The Hall–Kier alpha value is -3.25. The molecule has 1 amide bonds. The number of imidazole rings is 1. The van der Waals surface area contributed by atoms with Crippen LogP contribution in [0.1, 0.15) is 16.1 Å². The molecule has 1 fully saturated rings. The number of rotatable bonds is 4. The van der Waals surface area contributed by atoms with Crippen LogP contribution in [0.5, 0.6) is 0 Å². The van der Waals surface area contributed by atoms with Gasteiger partial charge < -0.3 is 4.90 Å². The lowest BCUT2D eigenvalue weighted by Crippen LogP contribution is -2.51. The molecule has 12 heteroatoms. The van der Waals surface area contributed by atoms with Gasteiger partial charge in [-0.25, -0.2) is 17.8 Å². The quantitative estimate of drug-likeness (QED) is 0.536. The lowest BCUT2D eigenvalue weighted by Gasteiger charge is -2.34. The van der Waals surface area contributed by atoms with Crippen molar-refractivity contribution in [1.29, 1.82) is 0 Å². The summed E-state index contributed by atoms with van der Waals surface area (Å²) in [6.45, 7) is -0.350. The zero-order valence-electron chi connectivity index (χ0n) is 17.0. The molecule has 2 aromatic carbocycles. The topological polar surface area (TPSA) is 75.5 Å². The first-order valence-corrected chi connectivity index (χ1v) is 11.3. The first-order valence-electron chi connectivity index (χ1n) is 9.83. The van der Waals surface area contributed by atoms with Gasteiger partial charge in [0.15, 0.2) is 0 Å². The highest BCUT2D eigenvalue weighted by Gasteiger charge is 2.40. The summed E-state index contributed by atoms with van der Waals surface area (Å²) in [4.78, 5) is 17.6. The van der Waals surface area contributed by atoms with E-state index in [4.69, 9.17) is 0 Å². The molecule has 1 saturated heterocycles. The average Bonchev–Trinajstić information content (AvgIpc) is 3.28.